The van der Waals surface area contributed by atoms with Crippen molar-refractivity contribution in [1.29, 1.82) is 0 Å². The van der Waals surface area contributed by atoms with E-state index >= 15 is 0 Å². The third-order valence-electron chi connectivity index (χ3n) is 2.76. The van der Waals surface area contributed by atoms with E-state index in [-0.39, 0.29) is 24.1 Å². The van der Waals surface area contributed by atoms with Crippen LogP contribution >= 0.6 is 0 Å². The summed E-state index contributed by atoms with van der Waals surface area (Å²) in [5.74, 6) is 0.474. The quantitative estimate of drug-likeness (QED) is 0.662. The van der Waals surface area contributed by atoms with Crippen LogP contribution < -0.4 is 15.8 Å². The summed E-state index contributed by atoms with van der Waals surface area (Å²) in [4.78, 5) is 12.0. The van der Waals surface area contributed by atoms with Gasteiger partial charge in [-0.25, -0.2) is 0 Å². The monoisotopic (exact) mass is 255 g/mol. The topological polar surface area (TPSA) is 106 Å². The van der Waals surface area contributed by atoms with E-state index in [1.807, 2.05) is 20.8 Å². The van der Waals surface area contributed by atoms with Crippen LogP contribution in [0.3, 0.4) is 0 Å². The lowest BCUT2D eigenvalue weighted by Gasteiger charge is -2.28. The Bertz CT molecular complexity index is 388. The van der Waals surface area contributed by atoms with Crippen LogP contribution in [-0.2, 0) is 0 Å². The molecular weight excluding hydrogens is 234 g/mol. The van der Waals surface area contributed by atoms with Gasteiger partial charge in [-0.1, -0.05) is 6.92 Å². The lowest BCUT2D eigenvalue weighted by molar-refractivity contribution is 0.251. The van der Waals surface area contributed by atoms with Gasteiger partial charge in [-0.15, -0.1) is 0 Å². The Morgan fingerprint density at radius 3 is 2.61 bits per heavy atom. The molecule has 0 bridgehead atoms. The minimum Gasteiger partial charge on any atom is -0.464 e. The van der Waals surface area contributed by atoms with Crippen molar-refractivity contribution in [1.82, 2.24) is 15.0 Å². The molecule has 0 fully saturated rings. The minimum absolute atomic E-state index is 0.0935. The molecule has 1 aromatic rings. The molecule has 1 atom stereocenters. The number of hydrogen-bond acceptors (Lipinski definition) is 7. The number of aliphatic hydroxyl groups excluding tert-OH is 1. The van der Waals surface area contributed by atoms with Gasteiger partial charge in [0.1, 0.15) is 0 Å². The van der Waals surface area contributed by atoms with Gasteiger partial charge in [0, 0.05) is 12.1 Å². The normalized spacial score (nSPS) is 14.0. The summed E-state index contributed by atoms with van der Waals surface area (Å²) in [5, 5.41) is 12.2. The molecule has 0 saturated carbocycles. The first-order valence-electron chi connectivity index (χ1n) is 6.06. The number of nitrogens with two attached hydrogens (primary N) is 1. The summed E-state index contributed by atoms with van der Waals surface area (Å²) in [6.45, 7) is 6.41. The number of hydrogen-bond donors (Lipinski definition) is 3. The van der Waals surface area contributed by atoms with Gasteiger partial charge in [0.25, 0.3) is 0 Å². The third kappa shape index (κ3) is 3.99. The van der Waals surface area contributed by atoms with Gasteiger partial charge in [0.15, 0.2) is 0 Å². The molecule has 0 aliphatic carbocycles. The van der Waals surface area contributed by atoms with E-state index in [0.29, 0.717) is 19.0 Å². The van der Waals surface area contributed by atoms with E-state index in [2.05, 4.69) is 20.3 Å². The zero-order valence-corrected chi connectivity index (χ0v) is 11.1. The highest BCUT2D eigenvalue weighted by atomic mass is 16.5. The van der Waals surface area contributed by atoms with Crippen LogP contribution in [0.5, 0.6) is 6.01 Å². The highest BCUT2D eigenvalue weighted by Crippen LogP contribution is 2.20. The molecule has 7 nitrogen and oxygen atoms in total. The second kappa shape index (κ2) is 6.34. The molecule has 1 rings (SSSR count). The number of aromatic nitrogens is 3. The fraction of sp³-hybridized carbons (Fsp3) is 0.727. The van der Waals surface area contributed by atoms with Crippen LogP contribution in [0.1, 0.15) is 33.6 Å². The Morgan fingerprint density at radius 2 is 2.06 bits per heavy atom. The molecule has 0 radical (unpaired) electrons. The minimum atomic E-state index is -0.286. The lowest BCUT2D eigenvalue weighted by atomic mass is 9.95. The Kier molecular flexibility index (Phi) is 5.08. The first-order valence-corrected chi connectivity index (χ1v) is 6.06. The van der Waals surface area contributed by atoms with Crippen LogP contribution in [0.2, 0.25) is 0 Å². The fourth-order valence-corrected chi connectivity index (χ4v) is 1.47. The van der Waals surface area contributed by atoms with Crippen molar-refractivity contribution in [2.24, 2.45) is 0 Å². The van der Waals surface area contributed by atoms with Crippen molar-refractivity contribution in [3.8, 4) is 6.01 Å². The van der Waals surface area contributed by atoms with Crippen molar-refractivity contribution in [2.45, 2.75) is 39.2 Å². The molecule has 0 aromatic carbocycles. The molecule has 0 amide bonds. The summed E-state index contributed by atoms with van der Waals surface area (Å²) >= 11 is 0. The molecule has 0 aliphatic heterocycles. The van der Waals surface area contributed by atoms with Crippen LogP contribution in [0.25, 0.3) is 0 Å². The highest BCUT2D eigenvalue weighted by Gasteiger charge is 2.22. The van der Waals surface area contributed by atoms with E-state index in [4.69, 9.17) is 15.6 Å². The van der Waals surface area contributed by atoms with E-state index < -0.39 is 0 Å². The summed E-state index contributed by atoms with van der Waals surface area (Å²) in [6, 6.07) is 0.204. The Hall–Kier alpha value is -1.63. The van der Waals surface area contributed by atoms with E-state index in [1.165, 1.54) is 0 Å². The van der Waals surface area contributed by atoms with Crippen molar-refractivity contribution in [2.75, 3.05) is 24.3 Å². The van der Waals surface area contributed by atoms with Crippen molar-refractivity contribution in [3.05, 3.63) is 0 Å². The van der Waals surface area contributed by atoms with Gasteiger partial charge in [0.05, 0.1) is 6.61 Å². The Labute approximate surface area is 107 Å². The number of aliphatic hydroxyl groups is 1. The SMILES string of the molecule is CCOc1nc(N)nc(NC(C)(CC)CCO)n1. The zero-order valence-electron chi connectivity index (χ0n) is 11.1. The average molecular weight is 255 g/mol. The Morgan fingerprint density at radius 1 is 1.33 bits per heavy atom. The van der Waals surface area contributed by atoms with Crippen LogP contribution in [0.4, 0.5) is 11.9 Å². The molecule has 1 heterocycles. The second-order valence-corrected chi connectivity index (χ2v) is 4.25. The fourth-order valence-electron chi connectivity index (χ4n) is 1.47. The molecule has 18 heavy (non-hydrogen) atoms. The van der Waals surface area contributed by atoms with Crippen LogP contribution in [0, 0.1) is 0 Å². The van der Waals surface area contributed by atoms with Gasteiger partial charge < -0.3 is 20.9 Å². The first kappa shape index (κ1) is 14.4. The molecule has 4 N–H and O–H groups in total. The first-order chi connectivity index (χ1) is 8.53. The molecule has 0 aliphatic rings. The van der Waals surface area contributed by atoms with Crippen molar-refractivity contribution >= 4 is 11.9 Å². The van der Waals surface area contributed by atoms with E-state index in [9.17, 15) is 0 Å². The molecule has 0 saturated heterocycles. The maximum absolute atomic E-state index is 9.06. The predicted molar refractivity (Wildman–Crippen MR) is 69.4 cm³/mol. The van der Waals surface area contributed by atoms with Crippen LogP contribution in [0.15, 0.2) is 0 Å². The summed E-state index contributed by atoms with van der Waals surface area (Å²) < 4.78 is 5.20. The lowest BCUT2D eigenvalue weighted by Crippen LogP contribution is -2.36. The number of nitrogens with zero attached hydrogens (tertiary/aromatic N) is 3. The third-order valence-corrected chi connectivity index (χ3v) is 2.76. The zero-order chi connectivity index (χ0) is 13.6. The predicted octanol–water partition coefficient (Wildman–Crippen LogP) is 0.815. The van der Waals surface area contributed by atoms with Gasteiger partial charge in [-0.3, -0.25) is 0 Å². The van der Waals surface area contributed by atoms with Crippen LogP contribution in [-0.4, -0.2) is 38.8 Å². The molecular formula is C11H21N5O2. The van der Waals surface area contributed by atoms with Crippen molar-refractivity contribution < 1.29 is 9.84 Å². The number of nitrogens with one attached hydrogen (secondary N) is 1. The van der Waals surface area contributed by atoms with E-state index in [1.54, 1.807) is 0 Å². The molecule has 7 heteroatoms. The second-order valence-electron chi connectivity index (χ2n) is 4.25. The number of anilines is 2. The maximum Gasteiger partial charge on any atom is 0.323 e. The molecule has 1 aromatic heterocycles. The van der Waals surface area contributed by atoms with E-state index in [0.717, 1.165) is 6.42 Å². The number of ether oxygens (including phenoxy) is 1. The van der Waals surface area contributed by atoms with Gasteiger partial charge >= 0.3 is 6.01 Å². The summed E-state index contributed by atoms with van der Waals surface area (Å²) in [5.41, 5.74) is 5.31. The standard InChI is InChI=1S/C11H21N5O2/c1-4-11(3,6-7-17)16-9-13-8(12)14-10(15-9)18-5-2/h17H,4-7H2,1-3H3,(H3,12,13,14,15,16). The average Bonchev–Trinajstić information content (AvgIpc) is 2.28. The summed E-state index contributed by atoms with van der Waals surface area (Å²) in [6.07, 6.45) is 1.42. The van der Waals surface area contributed by atoms with Crippen molar-refractivity contribution in [3.63, 3.8) is 0 Å². The number of nitrogen functional groups attached to an aromatic ring is 1. The maximum atomic E-state index is 9.06. The molecule has 0 spiro atoms. The smallest absolute Gasteiger partial charge is 0.323 e. The number of rotatable bonds is 7. The van der Waals surface area contributed by atoms with Gasteiger partial charge in [-0.05, 0) is 26.7 Å². The summed E-state index contributed by atoms with van der Waals surface area (Å²) in [7, 11) is 0. The molecule has 1 unspecified atom stereocenters. The largest absolute Gasteiger partial charge is 0.464 e. The Balaban J connectivity index is 2.88. The van der Waals surface area contributed by atoms with Gasteiger partial charge in [-0.2, -0.15) is 15.0 Å². The van der Waals surface area contributed by atoms with Gasteiger partial charge in [0.2, 0.25) is 11.9 Å². The highest BCUT2D eigenvalue weighted by molar-refractivity contribution is 5.35. The molecule has 102 valence electrons.